The van der Waals surface area contributed by atoms with Gasteiger partial charge in [-0.3, -0.25) is 4.79 Å². The number of rotatable bonds is 6. The van der Waals surface area contributed by atoms with Crippen LogP contribution in [-0.4, -0.2) is 11.9 Å². The van der Waals surface area contributed by atoms with Crippen molar-refractivity contribution in [1.82, 2.24) is 5.32 Å². The third-order valence-corrected chi connectivity index (χ3v) is 6.40. The number of fused-ring (bicyclic) bond motifs is 1. The maximum atomic E-state index is 11.1. The number of hydrogen-bond acceptors (Lipinski definition) is 1. The molecule has 1 fully saturated rings. The summed E-state index contributed by atoms with van der Waals surface area (Å²) in [5.41, 5.74) is 2.96. The molecule has 0 aromatic heterocycles. The van der Waals surface area contributed by atoms with Crippen molar-refractivity contribution in [3.63, 3.8) is 0 Å². The third kappa shape index (κ3) is 4.28. The van der Waals surface area contributed by atoms with E-state index in [2.05, 4.69) is 52.1 Å². The monoisotopic (exact) mass is 317 g/mol. The van der Waals surface area contributed by atoms with Crippen molar-refractivity contribution in [2.45, 2.75) is 78.7 Å². The molecule has 0 heterocycles. The molecule has 0 aromatic rings. The van der Waals surface area contributed by atoms with Gasteiger partial charge in [-0.15, -0.1) is 0 Å². The Bertz CT molecular complexity index is 474. The average Bonchev–Trinajstić information content (AvgIpc) is 2.47. The molecule has 0 aromatic carbocycles. The highest BCUT2D eigenvalue weighted by Gasteiger charge is 2.47. The fraction of sp³-hybridized carbons (Fsp3) is 0.762. The standard InChI is InChI=1S/C21H35NO/c1-15(2)7-6-8-17(4)18-11-12-21(5,22-14-23)20-10-9-16(3)13-19(18)20/h7,13-14,17-20H,6,8-12H2,1-5H3,(H,22,23). The van der Waals surface area contributed by atoms with Crippen LogP contribution in [0.3, 0.4) is 0 Å². The minimum Gasteiger partial charge on any atom is -0.353 e. The van der Waals surface area contributed by atoms with Gasteiger partial charge in [0.1, 0.15) is 0 Å². The highest BCUT2D eigenvalue weighted by Crippen LogP contribution is 2.50. The molecule has 130 valence electrons. The summed E-state index contributed by atoms with van der Waals surface area (Å²) in [6.45, 7) is 11.3. The molecule has 0 saturated heterocycles. The first-order valence-electron chi connectivity index (χ1n) is 9.39. The molecule has 0 spiro atoms. The number of carbonyl (C=O) groups is 1. The van der Waals surface area contributed by atoms with E-state index in [9.17, 15) is 4.79 Å². The van der Waals surface area contributed by atoms with Gasteiger partial charge in [0, 0.05) is 5.54 Å². The van der Waals surface area contributed by atoms with Gasteiger partial charge >= 0.3 is 0 Å². The fourth-order valence-corrected chi connectivity index (χ4v) is 4.94. The first-order valence-corrected chi connectivity index (χ1v) is 9.39. The van der Waals surface area contributed by atoms with Crippen molar-refractivity contribution in [3.8, 4) is 0 Å². The molecule has 5 unspecified atom stereocenters. The molecule has 0 bridgehead atoms. The molecule has 2 aliphatic rings. The molecule has 2 nitrogen and oxygen atoms in total. The zero-order valence-corrected chi connectivity index (χ0v) is 15.7. The summed E-state index contributed by atoms with van der Waals surface area (Å²) in [4.78, 5) is 11.1. The summed E-state index contributed by atoms with van der Waals surface area (Å²) in [5.74, 6) is 2.75. The molecule has 2 rings (SSSR count). The van der Waals surface area contributed by atoms with E-state index in [4.69, 9.17) is 0 Å². The summed E-state index contributed by atoms with van der Waals surface area (Å²) in [5, 5.41) is 3.17. The molecule has 5 atom stereocenters. The van der Waals surface area contributed by atoms with Crippen LogP contribution in [0.5, 0.6) is 0 Å². The Labute approximate surface area is 142 Å². The molecule has 1 saturated carbocycles. The molecule has 2 heteroatoms. The van der Waals surface area contributed by atoms with E-state index in [1.165, 1.54) is 37.7 Å². The van der Waals surface area contributed by atoms with E-state index in [1.807, 2.05) is 0 Å². The van der Waals surface area contributed by atoms with E-state index >= 15 is 0 Å². The maximum Gasteiger partial charge on any atom is 0.207 e. The topological polar surface area (TPSA) is 29.1 Å². The smallest absolute Gasteiger partial charge is 0.207 e. The van der Waals surface area contributed by atoms with Gasteiger partial charge in [0.05, 0.1) is 0 Å². The predicted molar refractivity (Wildman–Crippen MR) is 98.1 cm³/mol. The molecule has 0 radical (unpaired) electrons. The van der Waals surface area contributed by atoms with Crippen molar-refractivity contribution >= 4 is 6.41 Å². The predicted octanol–water partition coefficient (Wildman–Crippen LogP) is 5.26. The van der Waals surface area contributed by atoms with Crippen molar-refractivity contribution in [2.75, 3.05) is 0 Å². The van der Waals surface area contributed by atoms with Crippen LogP contribution >= 0.6 is 0 Å². The lowest BCUT2D eigenvalue weighted by molar-refractivity contribution is -0.113. The van der Waals surface area contributed by atoms with E-state index in [0.717, 1.165) is 24.7 Å². The van der Waals surface area contributed by atoms with Crippen LogP contribution < -0.4 is 5.32 Å². The minimum atomic E-state index is -0.0141. The molecule has 1 amide bonds. The van der Waals surface area contributed by atoms with Gasteiger partial charge in [0.15, 0.2) is 0 Å². The molecule has 23 heavy (non-hydrogen) atoms. The number of hydrogen-bond donors (Lipinski definition) is 1. The molecule has 0 aliphatic heterocycles. The lowest BCUT2D eigenvalue weighted by Gasteiger charge is -2.52. The van der Waals surface area contributed by atoms with E-state index < -0.39 is 0 Å². The molecular weight excluding hydrogens is 282 g/mol. The van der Waals surface area contributed by atoms with Gasteiger partial charge in [-0.1, -0.05) is 30.2 Å². The Morgan fingerprint density at radius 3 is 2.83 bits per heavy atom. The number of nitrogens with one attached hydrogen (secondary N) is 1. The van der Waals surface area contributed by atoms with E-state index in [-0.39, 0.29) is 5.54 Å². The highest BCUT2D eigenvalue weighted by molar-refractivity contribution is 5.48. The molecular formula is C21H35NO. The van der Waals surface area contributed by atoms with Crippen molar-refractivity contribution < 1.29 is 4.79 Å². The zero-order chi connectivity index (χ0) is 17.0. The Kier molecular flexibility index (Phi) is 6.11. The first-order chi connectivity index (χ1) is 10.9. The summed E-state index contributed by atoms with van der Waals surface area (Å²) < 4.78 is 0. The number of allylic oxidation sites excluding steroid dienone is 4. The van der Waals surface area contributed by atoms with Gasteiger partial charge < -0.3 is 5.32 Å². The quantitative estimate of drug-likeness (QED) is 0.525. The SMILES string of the molecule is CC(C)=CCCC(C)C1CCC(C)(NC=O)C2CCC(C)=CC12. The van der Waals surface area contributed by atoms with E-state index in [0.29, 0.717) is 11.8 Å². The van der Waals surface area contributed by atoms with Crippen LogP contribution in [0.25, 0.3) is 0 Å². The van der Waals surface area contributed by atoms with Gasteiger partial charge in [0.25, 0.3) is 0 Å². The number of amides is 1. The Morgan fingerprint density at radius 1 is 1.43 bits per heavy atom. The van der Waals surface area contributed by atoms with Crippen LogP contribution in [0.15, 0.2) is 23.3 Å². The Hall–Kier alpha value is -1.05. The molecule has 1 N–H and O–H groups in total. The fourth-order valence-electron chi connectivity index (χ4n) is 4.94. The second kappa shape index (κ2) is 7.68. The molecule has 2 aliphatic carbocycles. The summed E-state index contributed by atoms with van der Waals surface area (Å²) in [6.07, 6.45) is 13.1. The Morgan fingerprint density at radius 2 is 2.17 bits per heavy atom. The van der Waals surface area contributed by atoms with Crippen LogP contribution in [0.1, 0.15) is 73.1 Å². The van der Waals surface area contributed by atoms with Gasteiger partial charge in [-0.2, -0.15) is 0 Å². The van der Waals surface area contributed by atoms with Crippen molar-refractivity contribution in [2.24, 2.45) is 23.7 Å². The van der Waals surface area contributed by atoms with Crippen LogP contribution in [0.2, 0.25) is 0 Å². The largest absolute Gasteiger partial charge is 0.353 e. The van der Waals surface area contributed by atoms with Crippen LogP contribution in [0, 0.1) is 23.7 Å². The lowest BCUT2D eigenvalue weighted by Crippen LogP contribution is -2.56. The average molecular weight is 318 g/mol. The van der Waals surface area contributed by atoms with Crippen molar-refractivity contribution in [1.29, 1.82) is 0 Å². The van der Waals surface area contributed by atoms with Gasteiger partial charge in [0.2, 0.25) is 6.41 Å². The summed E-state index contributed by atoms with van der Waals surface area (Å²) in [6, 6.07) is 0. The van der Waals surface area contributed by atoms with Gasteiger partial charge in [-0.25, -0.2) is 0 Å². The lowest BCUT2D eigenvalue weighted by atomic mass is 9.56. The van der Waals surface area contributed by atoms with Crippen LogP contribution in [0.4, 0.5) is 0 Å². The van der Waals surface area contributed by atoms with Crippen molar-refractivity contribution in [3.05, 3.63) is 23.3 Å². The normalized spacial score (nSPS) is 34.8. The summed E-state index contributed by atoms with van der Waals surface area (Å²) >= 11 is 0. The zero-order valence-electron chi connectivity index (χ0n) is 15.7. The Balaban J connectivity index is 2.14. The number of carbonyl (C=O) groups excluding carboxylic acids is 1. The van der Waals surface area contributed by atoms with Crippen LogP contribution in [-0.2, 0) is 4.79 Å². The summed E-state index contributed by atoms with van der Waals surface area (Å²) in [7, 11) is 0. The first kappa shape index (κ1) is 18.3. The minimum absolute atomic E-state index is 0.0141. The maximum absolute atomic E-state index is 11.1. The third-order valence-electron chi connectivity index (χ3n) is 6.40. The second-order valence-electron chi connectivity index (χ2n) is 8.45. The van der Waals surface area contributed by atoms with E-state index in [1.54, 1.807) is 5.57 Å². The van der Waals surface area contributed by atoms with Gasteiger partial charge in [-0.05, 0) is 89.9 Å². The second-order valence-corrected chi connectivity index (χ2v) is 8.45. The highest BCUT2D eigenvalue weighted by atomic mass is 16.1.